The third kappa shape index (κ3) is 5.22. The topological polar surface area (TPSA) is 77.6 Å². The highest BCUT2D eigenvalue weighted by molar-refractivity contribution is 6.30. The zero-order chi connectivity index (χ0) is 25.2. The number of carbonyl (C=O) groups is 1. The van der Waals surface area contributed by atoms with Gasteiger partial charge in [0.2, 0.25) is 5.91 Å². The summed E-state index contributed by atoms with van der Waals surface area (Å²) in [5.74, 6) is 1.40. The van der Waals surface area contributed by atoms with Crippen LogP contribution in [0.1, 0.15) is 12.8 Å². The molecule has 1 amide bonds. The number of aromatic amines is 1. The summed E-state index contributed by atoms with van der Waals surface area (Å²) in [6, 6.07) is 11.6. The van der Waals surface area contributed by atoms with E-state index in [0.717, 1.165) is 79.8 Å². The van der Waals surface area contributed by atoms with E-state index in [-0.39, 0.29) is 5.91 Å². The minimum Gasteiger partial charge on any atom is -0.493 e. The molecule has 1 atom stereocenters. The van der Waals surface area contributed by atoms with Gasteiger partial charge in [-0.2, -0.15) is 0 Å². The Morgan fingerprint density at radius 3 is 2.73 bits per heavy atom. The first-order valence-corrected chi connectivity index (χ1v) is 13.4. The maximum absolute atomic E-state index is 13.2. The number of ether oxygens (including phenoxy) is 1. The van der Waals surface area contributed by atoms with E-state index in [2.05, 4.69) is 30.8 Å². The number of piperazine rings is 1. The van der Waals surface area contributed by atoms with E-state index in [4.69, 9.17) is 16.3 Å². The van der Waals surface area contributed by atoms with Gasteiger partial charge in [-0.25, -0.2) is 9.97 Å². The smallest absolute Gasteiger partial charge is 0.236 e. The summed E-state index contributed by atoms with van der Waals surface area (Å²) in [5.41, 5.74) is 2.98. The lowest BCUT2D eigenvalue weighted by Crippen LogP contribution is -2.51. The molecule has 0 bridgehead atoms. The minimum atomic E-state index is 0.222. The number of fused-ring (bicyclic) bond motifs is 3. The normalized spacial score (nSPS) is 19.0. The molecule has 2 aliphatic heterocycles. The standard InChI is InChI=1S/C28H31ClN6O2/c29-21-3-5-22(6-4-21)37-19-20-2-1-11-35(17-20)26(36)18-33-12-14-34(15-13-33)25-8-10-30-24-16-32-28-23(27(24)25)7-9-31-28/h3-10,16,20,30H,1-2,11-15,17-19H2. The van der Waals surface area contributed by atoms with Crippen molar-refractivity contribution in [1.29, 1.82) is 0 Å². The molecule has 8 nitrogen and oxygen atoms in total. The number of piperidine rings is 1. The van der Waals surface area contributed by atoms with Crippen molar-refractivity contribution >= 4 is 45.1 Å². The predicted octanol–water partition coefficient (Wildman–Crippen LogP) is 4.20. The summed E-state index contributed by atoms with van der Waals surface area (Å²) in [5, 5.41) is 2.93. The van der Waals surface area contributed by atoms with E-state index in [1.807, 2.05) is 53.8 Å². The van der Waals surface area contributed by atoms with Gasteiger partial charge in [0.1, 0.15) is 5.75 Å². The first-order valence-electron chi connectivity index (χ1n) is 13.0. The van der Waals surface area contributed by atoms with Crippen molar-refractivity contribution < 1.29 is 9.53 Å². The van der Waals surface area contributed by atoms with E-state index in [0.29, 0.717) is 24.1 Å². The molecule has 1 aromatic carbocycles. The van der Waals surface area contributed by atoms with Crippen molar-refractivity contribution in [2.24, 2.45) is 5.92 Å². The van der Waals surface area contributed by atoms with Crippen LogP contribution in [0, 0.1) is 5.92 Å². The van der Waals surface area contributed by atoms with E-state index < -0.39 is 0 Å². The third-order valence-corrected chi connectivity index (χ3v) is 7.76. The molecule has 37 heavy (non-hydrogen) atoms. The first kappa shape index (κ1) is 24.0. The Bertz CT molecular complexity index is 1380. The first-order chi connectivity index (χ1) is 18.1. The Morgan fingerprint density at radius 2 is 1.89 bits per heavy atom. The monoisotopic (exact) mass is 518 g/mol. The number of pyridine rings is 2. The fraction of sp³-hybridized carbons (Fsp3) is 0.393. The van der Waals surface area contributed by atoms with Crippen molar-refractivity contribution in [2.45, 2.75) is 12.8 Å². The minimum absolute atomic E-state index is 0.222. The molecule has 1 N–H and O–H groups in total. The maximum atomic E-state index is 13.2. The molecule has 2 aliphatic rings. The molecular weight excluding hydrogens is 488 g/mol. The number of halogens is 1. The zero-order valence-corrected chi connectivity index (χ0v) is 21.5. The number of benzene rings is 1. The highest BCUT2D eigenvalue weighted by Gasteiger charge is 2.27. The van der Waals surface area contributed by atoms with Gasteiger partial charge >= 0.3 is 0 Å². The van der Waals surface area contributed by atoms with Crippen molar-refractivity contribution in [1.82, 2.24) is 24.8 Å². The van der Waals surface area contributed by atoms with E-state index >= 15 is 0 Å². The van der Waals surface area contributed by atoms with Crippen LogP contribution < -0.4 is 9.64 Å². The Morgan fingerprint density at radius 1 is 1.05 bits per heavy atom. The molecular formula is C28H31ClN6O2. The lowest BCUT2D eigenvalue weighted by molar-refractivity contribution is -0.134. The van der Waals surface area contributed by atoms with Crippen LogP contribution in [0.2, 0.25) is 5.02 Å². The number of hydrogen-bond donors (Lipinski definition) is 1. The molecule has 3 aromatic heterocycles. The summed E-state index contributed by atoms with van der Waals surface area (Å²) in [6.07, 6.45) is 7.75. The third-order valence-electron chi connectivity index (χ3n) is 7.51. The van der Waals surface area contributed by atoms with Crippen molar-refractivity contribution in [2.75, 3.05) is 57.3 Å². The molecule has 0 radical (unpaired) electrons. The van der Waals surface area contributed by atoms with Crippen LogP contribution in [0.5, 0.6) is 5.75 Å². The van der Waals surface area contributed by atoms with Crippen LogP contribution in [0.15, 0.2) is 55.0 Å². The molecule has 4 aromatic rings. The number of nitrogens with zero attached hydrogens (tertiary/aromatic N) is 5. The average molecular weight is 519 g/mol. The number of likely N-dealkylation sites (tertiary alicyclic amines) is 1. The summed E-state index contributed by atoms with van der Waals surface area (Å²) < 4.78 is 5.96. The van der Waals surface area contributed by atoms with Gasteiger partial charge in [-0.3, -0.25) is 9.69 Å². The molecule has 0 aliphatic carbocycles. The van der Waals surface area contributed by atoms with Crippen LogP contribution in [0.3, 0.4) is 0 Å². The summed E-state index contributed by atoms with van der Waals surface area (Å²) >= 11 is 5.96. The quantitative estimate of drug-likeness (QED) is 0.412. The van der Waals surface area contributed by atoms with E-state index in [9.17, 15) is 4.79 Å². The summed E-state index contributed by atoms with van der Waals surface area (Å²) in [6.45, 7) is 6.16. The molecule has 5 heterocycles. The largest absolute Gasteiger partial charge is 0.493 e. The van der Waals surface area contributed by atoms with Gasteiger partial charge < -0.3 is 19.5 Å². The van der Waals surface area contributed by atoms with Crippen molar-refractivity contribution in [3.8, 4) is 5.75 Å². The second kappa shape index (κ2) is 10.6. The number of amides is 1. The Balaban J connectivity index is 1.03. The average Bonchev–Trinajstić information content (AvgIpc) is 3.42. The van der Waals surface area contributed by atoms with Gasteiger partial charge in [0.05, 0.1) is 24.9 Å². The van der Waals surface area contributed by atoms with Crippen LogP contribution in [-0.2, 0) is 4.79 Å². The Labute approximate surface area is 221 Å². The van der Waals surface area contributed by atoms with Crippen molar-refractivity contribution in [3.63, 3.8) is 0 Å². The molecule has 192 valence electrons. The summed E-state index contributed by atoms with van der Waals surface area (Å²) in [7, 11) is 0. The van der Waals surface area contributed by atoms with Gasteiger partial charge in [0.25, 0.3) is 0 Å². The molecule has 0 spiro atoms. The number of anilines is 1. The van der Waals surface area contributed by atoms with Crippen LogP contribution in [-0.4, -0.2) is 83.1 Å². The molecule has 2 saturated heterocycles. The Hall–Kier alpha value is -3.36. The number of nitrogens with one attached hydrogen (secondary N) is 1. The molecule has 2 fully saturated rings. The van der Waals surface area contributed by atoms with E-state index in [1.165, 1.54) is 5.69 Å². The molecule has 1 unspecified atom stereocenters. The molecule has 6 rings (SSSR count). The lowest BCUT2D eigenvalue weighted by Gasteiger charge is -2.38. The second-order valence-corrected chi connectivity index (χ2v) is 10.4. The number of H-pyrrole nitrogens is 1. The SMILES string of the molecule is O=C(CN1CCN(c2cc[nH]c3cnc4nccc4c23)CC1)N1CCCC(COc2ccc(Cl)cc2)C1. The molecule has 0 saturated carbocycles. The predicted molar refractivity (Wildman–Crippen MR) is 146 cm³/mol. The molecule has 9 heteroatoms. The number of aromatic nitrogens is 3. The van der Waals surface area contributed by atoms with Crippen LogP contribution >= 0.6 is 11.6 Å². The zero-order valence-electron chi connectivity index (χ0n) is 20.8. The fourth-order valence-corrected chi connectivity index (χ4v) is 5.64. The highest BCUT2D eigenvalue weighted by Crippen LogP contribution is 2.31. The van der Waals surface area contributed by atoms with Gasteiger partial charge in [0.15, 0.2) is 5.65 Å². The van der Waals surface area contributed by atoms with Crippen LogP contribution in [0.4, 0.5) is 5.69 Å². The second-order valence-electron chi connectivity index (χ2n) is 9.97. The number of hydrogen-bond acceptors (Lipinski definition) is 6. The van der Waals surface area contributed by atoms with Gasteiger partial charge in [-0.1, -0.05) is 11.6 Å². The highest BCUT2D eigenvalue weighted by atomic mass is 35.5. The van der Waals surface area contributed by atoms with Crippen LogP contribution in [0.25, 0.3) is 21.9 Å². The van der Waals surface area contributed by atoms with Crippen molar-refractivity contribution in [3.05, 3.63) is 60.0 Å². The van der Waals surface area contributed by atoms with Gasteiger partial charge in [-0.05, 0) is 49.2 Å². The summed E-state index contributed by atoms with van der Waals surface area (Å²) in [4.78, 5) is 32.0. The van der Waals surface area contributed by atoms with Gasteiger partial charge in [0, 0.05) is 79.1 Å². The number of carbonyl (C=O) groups excluding carboxylic acids is 1. The van der Waals surface area contributed by atoms with E-state index in [1.54, 1.807) is 0 Å². The maximum Gasteiger partial charge on any atom is 0.236 e. The fourth-order valence-electron chi connectivity index (χ4n) is 5.51. The van der Waals surface area contributed by atoms with Gasteiger partial charge in [-0.15, -0.1) is 0 Å². The Kier molecular flexibility index (Phi) is 6.85. The lowest BCUT2D eigenvalue weighted by atomic mass is 9.99. The number of rotatable bonds is 6.